The molecular weight excluding hydrogens is 236 g/mol. The van der Waals surface area contributed by atoms with Crippen molar-refractivity contribution in [2.75, 3.05) is 11.9 Å². The molecule has 0 bridgehead atoms. The van der Waals surface area contributed by atoms with Crippen LogP contribution in [0, 0.1) is 0 Å². The van der Waals surface area contributed by atoms with E-state index in [-0.39, 0.29) is 6.10 Å². The summed E-state index contributed by atoms with van der Waals surface area (Å²) in [6.07, 6.45) is 1.75. The Kier molecular flexibility index (Phi) is 2.61. The molecule has 1 unspecified atom stereocenters. The van der Waals surface area contributed by atoms with Crippen molar-refractivity contribution in [1.82, 2.24) is 4.98 Å². The van der Waals surface area contributed by atoms with Crippen molar-refractivity contribution in [2.45, 2.75) is 6.10 Å². The molecule has 0 spiro atoms. The molecule has 3 rings (SSSR count). The molecule has 0 fully saturated rings. The van der Waals surface area contributed by atoms with E-state index in [1.54, 1.807) is 6.20 Å². The van der Waals surface area contributed by atoms with Crippen molar-refractivity contribution in [3.63, 3.8) is 0 Å². The van der Waals surface area contributed by atoms with E-state index < -0.39 is 0 Å². The van der Waals surface area contributed by atoms with Gasteiger partial charge in [-0.25, -0.2) is 4.98 Å². The minimum absolute atomic E-state index is 0.00367. The SMILES string of the molecule is Clc1ccc(C2CNc3ncccc3O2)cc1. The smallest absolute Gasteiger partial charge is 0.168 e. The molecule has 1 atom stereocenters. The number of hydrogen-bond donors (Lipinski definition) is 1. The Bertz CT molecular complexity index is 527. The van der Waals surface area contributed by atoms with Gasteiger partial charge >= 0.3 is 0 Å². The number of ether oxygens (including phenoxy) is 1. The normalized spacial score (nSPS) is 17.8. The topological polar surface area (TPSA) is 34.2 Å². The lowest BCUT2D eigenvalue weighted by atomic mass is 10.1. The van der Waals surface area contributed by atoms with Crippen LogP contribution in [0.1, 0.15) is 11.7 Å². The van der Waals surface area contributed by atoms with Crippen LogP contribution in [0.2, 0.25) is 5.02 Å². The highest BCUT2D eigenvalue weighted by molar-refractivity contribution is 6.30. The average Bonchev–Trinajstić information content (AvgIpc) is 2.39. The molecule has 0 aliphatic carbocycles. The minimum Gasteiger partial charge on any atom is -0.480 e. The third-order valence-electron chi connectivity index (χ3n) is 2.74. The number of pyridine rings is 1. The molecule has 3 nitrogen and oxygen atoms in total. The maximum atomic E-state index is 5.89. The largest absolute Gasteiger partial charge is 0.480 e. The van der Waals surface area contributed by atoms with E-state index in [0.29, 0.717) is 6.54 Å². The summed E-state index contributed by atoms with van der Waals surface area (Å²) in [5.41, 5.74) is 1.11. The Hall–Kier alpha value is -1.74. The van der Waals surface area contributed by atoms with E-state index in [1.165, 1.54) is 0 Å². The summed E-state index contributed by atoms with van der Waals surface area (Å²) < 4.78 is 5.89. The van der Waals surface area contributed by atoms with Crippen molar-refractivity contribution in [2.24, 2.45) is 0 Å². The maximum absolute atomic E-state index is 5.89. The van der Waals surface area contributed by atoms with Crippen LogP contribution in [-0.2, 0) is 0 Å². The first-order valence-corrected chi connectivity index (χ1v) is 5.82. The first kappa shape index (κ1) is 10.4. The second-order valence-corrected chi connectivity index (χ2v) is 4.33. The third kappa shape index (κ3) is 2.06. The van der Waals surface area contributed by atoms with E-state index in [9.17, 15) is 0 Å². The molecule has 2 aromatic rings. The van der Waals surface area contributed by atoms with Crippen LogP contribution in [0.5, 0.6) is 5.75 Å². The van der Waals surface area contributed by atoms with Gasteiger partial charge in [0.25, 0.3) is 0 Å². The average molecular weight is 247 g/mol. The van der Waals surface area contributed by atoms with Gasteiger partial charge < -0.3 is 10.1 Å². The molecule has 4 heteroatoms. The number of fused-ring (bicyclic) bond motifs is 1. The fraction of sp³-hybridized carbons (Fsp3) is 0.154. The standard InChI is InChI=1S/C13H11ClN2O/c14-10-5-3-9(4-6-10)12-8-16-13-11(17-12)2-1-7-15-13/h1-7,12H,8H2,(H,15,16). The quantitative estimate of drug-likeness (QED) is 0.839. The lowest BCUT2D eigenvalue weighted by molar-refractivity contribution is 0.209. The Morgan fingerprint density at radius 2 is 2.06 bits per heavy atom. The maximum Gasteiger partial charge on any atom is 0.168 e. The number of aromatic nitrogens is 1. The third-order valence-corrected chi connectivity index (χ3v) is 2.99. The van der Waals surface area contributed by atoms with Crippen LogP contribution in [0.3, 0.4) is 0 Å². The molecule has 0 saturated carbocycles. The summed E-state index contributed by atoms with van der Waals surface area (Å²) in [7, 11) is 0. The van der Waals surface area contributed by atoms with Crippen molar-refractivity contribution >= 4 is 17.4 Å². The monoisotopic (exact) mass is 246 g/mol. The first-order valence-electron chi connectivity index (χ1n) is 5.44. The van der Waals surface area contributed by atoms with Crippen LogP contribution in [0.15, 0.2) is 42.6 Å². The molecule has 1 aliphatic rings. The summed E-state index contributed by atoms with van der Waals surface area (Å²) in [5, 5.41) is 3.99. The minimum atomic E-state index is 0.00367. The predicted molar refractivity (Wildman–Crippen MR) is 67.5 cm³/mol. The summed E-state index contributed by atoms with van der Waals surface area (Å²) >= 11 is 5.87. The van der Waals surface area contributed by atoms with Gasteiger partial charge in [0.2, 0.25) is 0 Å². The van der Waals surface area contributed by atoms with Crippen molar-refractivity contribution in [3.8, 4) is 5.75 Å². The van der Waals surface area contributed by atoms with Gasteiger partial charge in [0.1, 0.15) is 6.10 Å². The molecule has 0 radical (unpaired) electrons. The molecule has 1 aliphatic heterocycles. The van der Waals surface area contributed by atoms with Gasteiger partial charge in [0.15, 0.2) is 11.6 Å². The Morgan fingerprint density at radius 1 is 1.24 bits per heavy atom. The van der Waals surface area contributed by atoms with E-state index in [0.717, 1.165) is 22.2 Å². The van der Waals surface area contributed by atoms with Crippen LogP contribution in [0.4, 0.5) is 5.82 Å². The Morgan fingerprint density at radius 3 is 2.88 bits per heavy atom. The van der Waals surface area contributed by atoms with E-state index in [1.807, 2.05) is 36.4 Å². The van der Waals surface area contributed by atoms with Crippen molar-refractivity contribution in [3.05, 3.63) is 53.2 Å². The zero-order valence-corrected chi connectivity index (χ0v) is 9.82. The van der Waals surface area contributed by atoms with Gasteiger partial charge in [0.05, 0.1) is 6.54 Å². The molecule has 2 heterocycles. The fourth-order valence-corrected chi connectivity index (χ4v) is 1.99. The van der Waals surface area contributed by atoms with Crippen LogP contribution in [0.25, 0.3) is 0 Å². The zero-order valence-electron chi connectivity index (χ0n) is 9.06. The summed E-state index contributed by atoms with van der Waals surface area (Å²) in [5.74, 6) is 1.59. The first-order chi connectivity index (χ1) is 8.33. The number of rotatable bonds is 1. The number of benzene rings is 1. The van der Waals surface area contributed by atoms with E-state index in [4.69, 9.17) is 16.3 Å². The van der Waals surface area contributed by atoms with E-state index in [2.05, 4.69) is 10.3 Å². The predicted octanol–water partition coefficient (Wildman–Crippen LogP) is 3.28. The highest BCUT2D eigenvalue weighted by Crippen LogP contribution is 2.32. The summed E-state index contributed by atoms with van der Waals surface area (Å²) in [4.78, 5) is 4.20. The second-order valence-electron chi connectivity index (χ2n) is 3.89. The lowest BCUT2D eigenvalue weighted by Crippen LogP contribution is -2.24. The van der Waals surface area contributed by atoms with Crippen molar-refractivity contribution in [1.29, 1.82) is 0 Å². The number of hydrogen-bond acceptors (Lipinski definition) is 3. The Labute approximate surface area is 104 Å². The van der Waals surface area contributed by atoms with Crippen molar-refractivity contribution < 1.29 is 4.74 Å². The molecular formula is C13H11ClN2O. The molecule has 86 valence electrons. The van der Waals surface area contributed by atoms with Gasteiger partial charge in [0, 0.05) is 11.2 Å². The highest BCUT2D eigenvalue weighted by atomic mass is 35.5. The van der Waals surface area contributed by atoms with Gasteiger partial charge in [-0.15, -0.1) is 0 Å². The molecule has 0 amide bonds. The number of nitrogens with zero attached hydrogens (tertiary/aromatic N) is 1. The molecule has 1 aromatic heterocycles. The Balaban J connectivity index is 1.86. The number of nitrogens with one attached hydrogen (secondary N) is 1. The van der Waals surface area contributed by atoms with Gasteiger partial charge in [-0.2, -0.15) is 0 Å². The van der Waals surface area contributed by atoms with Gasteiger partial charge in [-0.1, -0.05) is 23.7 Å². The second kappa shape index (κ2) is 4.26. The van der Waals surface area contributed by atoms with Gasteiger partial charge in [-0.3, -0.25) is 0 Å². The molecule has 1 N–H and O–H groups in total. The van der Waals surface area contributed by atoms with E-state index >= 15 is 0 Å². The summed E-state index contributed by atoms with van der Waals surface area (Å²) in [6, 6.07) is 11.5. The molecule has 1 aromatic carbocycles. The zero-order chi connectivity index (χ0) is 11.7. The van der Waals surface area contributed by atoms with Gasteiger partial charge in [-0.05, 0) is 29.8 Å². The summed E-state index contributed by atoms with van der Waals surface area (Å²) in [6.45, 7) is 0.714. The fourth-order valence-electron chi connectivity index (χ4n) is 1.87. The van der Waals surface area contributed by atoms with Crippen LogP contribution < -0.4 is 10.1 Å². The van der Waals surface area contributed by atoms with Crippen LogP contribution in [-0.4, -0.2) is 11.5 Å². The number of halogens is 1. The number of anilines is 1. The highest BCUT2D eigenvalue weighted by Gasteiger charge is 2.20. The van der Waals surface area contributed by atoms with Crippen LogP contribution >= 0.6 is 11.6 Å². The molecule has 17 heavy (non-hydrogen) atoms. The lowest BCUT2D eigenvalue weighted by Gasteiger charge is -2.26. The molecule has 0 saturated heterocycles.